The Kier molecular flexibility index (Phi) is 1.85. The SMILES string of the molecule is Nc1sc2cccc([N+](=O)[O-])c2c1F. The van der Waals surface area contributed by atoms with Gasteiger partial charge in [-0.15, -0.1) is 11.3 Å². The summed E-state index contributed by atoms with van der Waals surface area (Å²) in [6, 6.07) is 4.37. The molecule has 0 atom stereocenters. The number of rotatable bonds is 1. The van der Waals surface area contributed by atoms with Crippen molar-refractivity contribution in [2.24, 2.45) is 0 Å². The maximum Gasteiger partial charge on any atom is 0.281 e. The Morgan fingerprint density at radius 3 is 2.86 bits per heavy atom. The average molecular weight is 212 g/mol. The quantitative estimate of drug-likeness (QED) is 0.583. The second-order valence-corrected chi connectivity index (χ2v) is 3.77. The average Bonchev–Trinajstić information content (AvgIpc) is 2.43. The van der Waals surface area contributed by atoms with E-state index in [2.05, 4.69) is 0 Å². The van der Waals surface area contributed by atoms with Crippen molar-refractivity contribution in [1.29, 1.82) is 0 Å². The van der Waals surface area contributed by atoms with Gasteiger partial charge in [-0.2, -0.15) is 0 Å². The zero-order valence-corrected chi connectivity index (χ0v) is 7.68. The Morgan fingerprint density at radius 1 is 1.50 bits per heavy atom. The van der Waals surface area contributed by atoms with Crippen molar-refractivity contribution in [3.8, 4) is 0 Å². The predicted molar refractivity (Wildman–Crippen MR) is 52.8 cm³/mol. The van der Waals surface area contributed by atoms with Crippen molar-refractivity contribution in [3.63, 3.8) is 0 Å². The summed E-state index contributed by atoms with van der Waals surface area (Å²) in [6.07, 6.45) is 0. The fourth-order valence-electron chi connectivity index (χ4n) is 1.26. The molecule has 1 heterocycles. The Morgan fingerprint density at radius 2 is 2.21 bits per heavy atom. The molecule has 1 aromatic carbocycles. The first kappa shape index (κ1) is 8.89. The van der Waals surface area contributed by atoms with Gasteiger partial charge in [0.05, 0.1) is 4.92 Å². The lowest BCUT2D eigenvalue weighted by molar-refractivity contribution is -0.383. The smallest absolute Gasteiger partial charge is 0.281 e. The highest BCUT2D eigenvalue weighted by atomic mass is 32.1. The molecule has 1 aromatic heterocycles. The normalized spacial score (nSPS) is 10.6. The first-order valence-corrected chi connectivity index (χ1v) is 4.54. The zero-order valence-electron chi connectivity index (χ0n) is 6.86. The molecule has 72 valence electrons. The molecule has 0 aliphatic rings. The van der Waals surface area contributed by atoms with Gasteiger partial charge in [-0.1, -0.05) is 6.07 Å². The maximum absolute atomic E-state index is 13.4. The van der Waals surface area contributed by atoms with E-state index in [0.29, 0.717) is 4.70 Å². The molecule has 2 rings (SSSR count). The van der Waals surface area contributed by atoms with Crippen LogP contribution in [0.3, 0.4) is 0 Å². The van der Waals surface area contributed by atoms with Crippen molar-refractivity contribution >= 4 is 32.1 Å². The third-order valence-electron chi connectivity index (χ3n) is 1.86. The molecule has 6 heteroatoms. The van der Waals surface area contributed by atoms with Crippen LogP contribution < -0.4 is 5.73 Å². The summed E-state index contributed by atoms with van der Waals surface area (Å²) < 4.78 is 13.9. The van der Waals surface area contributed by atoms with E-state index >= 15 is 0 Å². The molecule has 0 fully saturated rings. The van der Waals surface area contributed by atoms with Crippen LogP contribution in [-0.4, -0.2) is 4.92 Å². The van der Waals surface area contributed by atoms with Crippen LogP contribution in [0, 0.1) is 15.9 Å². The molecule has 0 aliphatic carbocycles. The molecule has 0 amide bonds. The molecule has 2 N–H and O–H groups in total. The molecule has 2 aromatic rings. The monoisotopic (exact) mass is 212 g/mol. The van der Waals surface area contributed by atoms with Crippen molar-refractivity contribution < 1.29 is 9.31 Å². The van der Waals surface area contributed by atoms with E-state index in [4.69, 9.17) is 5.73 Å². The number of nitrogens with zero attached hydrogens (tertiary/aromatic N) is 1. The number of thiophene rings is 1. The maximum atomic E-state index is 13.4. The summed E-state index contributed by atoms with van der Waals surface area (Å²) in [5.41, 5.74) is 5.10. The zero-order chi connectivity index (χ0) is 10.3. The second-order valence-electron chi connectivity index (χ2n) is 2.69. The fraction of sp³-hybridized carbons (Fsp3) is 0. The highest BCUT2D eigenvalue weighted by Gasteiger charge is 2.19. The Bertz CT molecular complexity index is 523. The van der Waals surface area contributed by atoms with Crippen LogP contribution in [0.15, 0.2) is 18.2 Å². The molecular weight excluding hydrogens is 207 g/mol. The lowest BCUT2D eigenvalue weighted by atomic mass is 10.2. The number of benzene rings is 1. The van der Waals surface area contributed by atoms with Gasteiger partial charge < -0.3 is 5.73 Å². The summed E-state index contributed by atoms with van der Waals surface area (Å²) in [4.78, 5) is 9.97. The number of non-ortho nitro benzene ring substituents is 1. The third-order valence-corrected chi connectivity index (χ3v) is 2.82. The van der Waals surface area contributed by atoms with Crippen molar-refractivity contribution in [2.75, 3.05) is 5.73 Å². The summed E-state index contributed by atoms with van der Waals surface area (Å²) in [5, 5.41) is 10.6. The first-order chi connectivity index (χ1) is 6.61. The van der Waals surface area contributed by atoms with Gasteiger partial charge in [0.25, 0.3) is 5.69 Å². The molecule has 0 saturated carbocycles. The third kappa shape index (κ3) is 1.12. The number of anilines is 1. The van der Waals surface area contributed by atoms with Gasteiger partial charge in [0.15, 0.2) is 5.82 Å². The minimum atomic E-state index is -0.697. The van der Waals surface area contributed by atoms with Crippen LogP contribution in [-0.2, 0) is 0 Å². The van der Waals surface area contributed by atoms with Crippen LogP contribution in [0.1, 0.15) is 0 Å². The van der Waals surface area contributed by atoms with E-state index < -0.39 is 10.7 Å². The van der Waals surface area contributed by atoms with E-state index in [-0.39, 0.29) is 16.1 Å². The largest absolute Gasteiger partial charge is 0.388 e. The molecule has 14 heavy (non-hydrogen) atoms. The summed E-state index contributed by atoms with van der Waals surface area (Å²) in [6.45, 7) is 0. The minimum Gasteiger partial charge on any atom is -0.388 e. The van der Waals surface area contributed by atoms with Crippen LogP contribution in [0.2, 0.25) is 0 Å². The second kappa shape index (κ2) is 2.91. The number of hydrogen-bond acceptors (Lipinski definition) is 4. The van der Waals surface area contributed by atoms with Gasteiger partial charge in [0.1, 0.15) is 10.4 Å². The van der Waals surface area contributed by atoms with Gasteiger partial charge in [-0.05, 0) is 6.07 Å². The van der Waals surface area contributed by atoms with Crippen LogP contribution in [0.4, 0.5) is 15.1 Å². The van der Waals surface area contributed by atoms with Gasteiger partial charge in [-0.3, -0.25) is 10.1 Å². The highest BCUT2D eigenvalue weighted by Crippen LogP contribution is 2.37. The van der Waals surface area contributed by atoms with E-state index in [1.54, 1.807) is 6.07 Å². The van der Waals surface area contributed by atoms with Gasteiger partial charge in [0, 0.05) is 10.8 Å². The van der Waals surface area contributed by atoms with E-state index in [9.17, 15) is 14.5 Å². The Balaban J connectivity index is 2.91. The molecule has 0 aliphatic heterocycles. The van der Waals surface area contributed by atoms with E-state index in [1.807, 2.05) is 0 Å². The van der Waals surface area contributed by atoms with Crippen molar-refractivity contribution in [1.82, 2.24) is 0 Å². The number of nitro benzene ring substituents is 1. The van der Waals surface area contributed by atoms with Crippen molar-refractivity contribution in [3.05, 3.63) is 34.1 Å². The standard InChI is InChI=1S/C8H5FN2O2S/c9-7-6-4(11(12)13)2-1-3-5(6)14-8(7)10/h1-3H,10H2. The molecule has 0 unspecified atom stereocenters. The Hall–Kier alpha value is -1.69. The summed E-state index contributed by atoms with van der Waals surface area (Å²) in [5.74, 6) is -0.697. The number of nitro groups is 1. The molecule has 0 saturated heterocycles. The molecular formula is C8H5FN2O2S. The topological polar surface area (TPSA) is 69.2 Å². The Labute approximate surface area is 81.9 Å². The van der Waals surface area contributed by atoms with Gasteiger partial charge in [-0.25, -0.2) is 4.39 Å². The minimum absolute atomic E-state index is 0.000000000000000222. The molecule has 0 spiro atoms. The summed E-state index contributed by atoms with van der Waals surface area (Å²) >= 11 is 1.01. The number of fused-ring (bicyclic) bond motifs is 1. The van der Waals surface area contributed by atoms with Crippen LogP contribution in [0.25, 0.3) is 10.1 Å². The van der Waals surface area contributed by atoms with Crippen LogP contribution >= 0.6 is 11.3 Å². The van der Waals surface area contributed by atoms with Crippen LogP contribution in [0.5, 0.6) is 0 Å². The fourth-order valence-corrected chi connectivity index (χ4v) is 2.14. The number of hydrogen-bond donors (Lipinski definition) is 1. The molecule has 4 nitrogen and oxygen atoms in total. The first-order valence-electron chi connectivity index (χ1n) is 3.72. The lowest BCUT2D eigenvalue weighted by Gasteiger charge is -1.92. The van der Waals surface area contributed by atoms with Crippen molar-refractivity contribution in [2.45, 2.75) is 0 Å². The van der Waals surface area contributed by atoms with E-state index in [1.165, 1.54) is 12.1 Å². The number of halogens is 1. The number of nitrogen functional groups attached to an aromatic ring is 1. The lowest BCUT2D eigenvalue weighted by Crippen LogP contribution is -1.89. The van der Waals surface area contributed by atoms with E-state index in [0.717, 1.165) is 11.3 Å². The van der Waals surface area contributed by atoms with Gasteiger partial charge in [0.2, 0.25) is 0 Å². The molecule has 0 radical (unpaired) electrons. The molecule has 0 bridgehead atoms. The van der Waals surface area contributed by atoms with Gasteiger partial charge >= 0.3 is 0 Å². The highest BCUT2D eigenvalue weighted by molar-refractivity contribution is 7.22. The number of nitrogens with two attached hydrogens (primary N) is 1. The summed E-state index contributed by atoms with van der Waals surface area (Å²) in [7, 11) is 0. The predicted octanol–water partition coefficient (Wildman–Crippen LogP) is 2.53.